The lowest BCUT2D eigenvalue weighted by Crippen LogP contribution is -2.36. The summed E-state index contributed by atoms with van der Waals surface area (Å²) in [5.74, 6) is 0.900. The first-order valence-electron chi connectivity index (χ1n) is 7.43. The zero-order valence-corrected chi connectivity index (χ0v) is 12.6. The largest absolute Gasteiger partial charge is 0.398 e. The van der Waals surface area contributed by atoms with Crippen LogP contribution in [-0.4, -0.2) is 12.5 Å². The lowest BCUT2D eigenvalue weighted by atomic mass is 9.97. The molecule has 0 aromatic heterocycles. The van der Waals surface area contributed by atoms with Crippen LogP contribution in [0.3, 0.4) is 0 Å². The lowest BCUT2D eigenvalue weighted by molar-refractivity contribution is -0.119. The summed E-state index contributed by atoms with van der Waals surface area (Å²) in [6.45, 7) is 0.849. The smallest absolute Gasteiger partial charge is 0.227 e. The van der Waals surface area contributed by atoms with Crippen molar-refractivity contribution in [3.05, 3.63) is 23.8 Å². The number of rotatable bonds is 2. The number of nitrogens with two attached hydrogens (primary N) is 1. The Morgan fingerprint density at radius 1 is 1.25 bits per heavy atom. The molecule has 0 radical (unpaired) electrons. The minimum Gasteiger partial charge on any atom is -0.398 e. The van der Waals surface area contributed by atoms with Gasteiger partial charge >= 0.3 is 0 Å². The number of nitrogens with zero attached hydrogens (tertiary/aromatic N) is 1. The third-order valence-electron chi connectivity index (χ3n) is 4.53. The topological polar surface area (TPSA) is 46.3 Å². The highest BCUT2D eigenvalue weighted by Crippen LogP contribution is 2.34. The molecule has 1 heterocycles. The molecule has 3 rings (SSSR count). The molecule has 0 saturated heterocycles. The number of hydrogen-bond donors (Lipinski definition) is 1. The average Bonchev–Trinajstić information content (AvgIpc) is 2.91. The van der Waals surface area contributed by atoms with E-state index in [4.69, 9.17) is 5.73 Å². The molecule has 2 aliphatic rings. The Bertz CT molecular complexity index is 483. The van der Waals surface area contributed by atoms with Crippen LogP contribution in [0.1, 0.15) is 44.1 Å². The summed E-state index contributed by atoms with van der Waals surface area (Å²) in [4.78, 5) is 14.5. The van der Waals surface area contributed by atoms with E-state index in [1.54, 1.807) is 0 Å². The SMILES string of the molecule is Cl.Nc1cccc2c1CCCN2C(=O)CC1CCCC1. The van der Waals surface area contributed by atoms with E-state index in [1.165, 1.54) is 25.7 Å². The van der Waals surface area contributed by atoms with Gasteiger partial charge < -0.3 is 10.6 Å². The minimum atomic E-state index is 0. The third kappa shape index (κ3) is 2.93. The normalized spacial score (nSPS) is 18.5. The number of nitrogen functional groups attached to an aromatic ring is 1. The summed E-state index contributed by atoms with van der Waals surface area (Å²) in [6, 6.07) is 5.93. The van der Waals surface area contributed by atoms with Gasteiger partial charge in [-0.2, -0.15) is 0 Å². The van der Waals surface area contributed by atoms with Gasteiger partial charge in [0, 0.05) is 24.3 Å². The molecule has 20 heavy (non-hydrogen) atoms. The number of halogens is 1. The first kappa shape index (κ1) is 15.2. The van der Waals surface area contributed by atoms with Crippen molar-refractivity contribution in [1.82, 2.24) is 0 Å². The first-order chi connectivity index (χ1) is 9.25. The Labute approximate surface area is 126 Å². The van der Waals surface area contributed by atoms with Gasteiger partial charge in [-0.25, -0.2) is 0 Å². The second-order valence-corrected chi connectivity index (χ2v) is 5.85. The fourth-order valence-electron chi connectivity index (χ4n) is 3.48. The minimum absolute atomic E-state index is 0. The van der Waals surface area contributed by atoms with Gasteiger partial charge in [0.05, 0.1) is 0 Å². The molecule has 110 valence electrons. The molecule has 2 N–H and O–H groups in total. The van der Waals surface area contributed by atoms with Crippen LogP contribution in [0.15, 0.2) is 18.2 Å². The molecule has 1 aromatic rings. The molecule has 1 fully saturated rings. The number of amides is 1. The summed E-state index contributed by atoms with van der Waals surface area (Å²) in [6.07, 6.45) is 7.77. The molecule has 1 saturated carbocycles. The highest BCUT2D eigenvalue weighted by molar-refractivity contribution is 5.95. The van der Waals surface area contributed by atoms with Gasteiger partial charge in [0.1, 0.15) is 0 Å². The molecule has 1 aliphatic heterocycles. The Hall–Kier alpha value is -1.22. The van der Waals surface area contributed by atoms with Gasteiger partial charge in [0.15, 0.2) is 0 Å². The number of anilines is 2. The molecular formula is C16H23ClN2O. The maximum Gasteiger partial charge on any atom is 0.227 e. The molecule has 1 amide bonds. The van der Waals surface area contributed by atoms with E-state index < -0.39 is 0 Å². The maximum atomic E-state index is 12.5. The summed E-state index contributed by atoms with van der Waals surface area (Å²) in [5, 5.41) is 0. The van der Waals surface area contributed by atoms with E-state index >= 15 is 0 Å². The molecule has 0 unspecified atom stereocenters. The molecule has 0 spiro atoms. The van der Waals surface area contributed by atoms with Gasteiger partial charge in [-0.3, -0.25) is 4.79 Å². The predicted octanol–water partition coefficient (Wildman–Crippen LogP) is 3.55. The highest BCUT2D eigenvalue weighted by atomic mass is 35.5. The van der Waals surface area contributed by atoms with Crippen LogP contribution in [0.2, 0.25) is 0 Å². The Kier molecular flexibility index (Phi) is 4.92. The summed E-state index contributed by atoms with van der Waals surface area (Å²) < 4.78 is 0. The number of benzene rings is 1. The highest BCUT2D eigenvalue weighted by Gasteiger charge is 2.26. The van der Waals surface area contributed by atoms with Crippen LogP contribution in [0.25, 0.3) is 0 Å². The summed E-state index contributed by atoms with van der Waals surface area (Å²) in [7, 11) is 0. The van der Waals surface area contributed by atoms with Crippen molar-refractivity contribution in [2.75, 3.05) is 17.2 Å². The quantitative estimate of drug-likeness (QED) is 0.848. The fraction of sp³-hybridized carbons (Fsp3) is 0.562. The second kappa shape index (κ2) is 6.49. The number of hydrogen-bond acceptors (Lipinski definition) is 2. The van der Waals surface area contributed by atoms with E-state index in [-0.39, 0.29) is 12.4 Å². The number of carbonyl (C=O) groups excluding carboxylic acids is 1. The zero-order valence-electron chi connectivity index (χ0n) is 11.8. The molecule has 0 atom stereocenters. The predicted molar refractivity (Wildman–Crippen MR) is 85.4 cm³/mol. The molecule has 4 heteroatoms. The monoisotopic (exact) mass is 294 g/mol. The van der Waals surface area contributed by atoms with E-state index in [2.05, 4.69) is 0 Å². The van der Waals surface area contributed by atoms with Gasteiger partial charge in [-0.1, -0.05) is 18.9 Å². The summed E-state index contributed by atoms with van der Waals surface area (Å²) >= 11 is 0. The van der Waals surface area contributed by atoms with Crippen molar-refractivity contribution < 1.29 is 4.79 Å². The lowest BCUT2D eigenvalue weighted by Gasteiger charge is -2.31. The Morgan fingerprint density at radius 3 is 2.75 bits per heavy atom. The first-order valence-corrected chi connectivity index (χ1v) is 7.43. The van der Waals surface area contributed by atoms with Crippen molar-refractivity contribution in [2.45, 2.75) is 44.9 Å². The van der Waals surface area contributed by atoms with Crippen molar-refractivity contribution in [3.63, 3.8) is 0 Å². The van der Waals surface area contributed by atoms with E-state index in [1.807, 2.05) is 23.1 Å². The van der Waals surface area contributed by atoms with Crippen LogP contribution in [-0.2, 0) is 11.2 Å². The van der Waals surface area contributed by atoms with Gasteiger partial charge in [0.2, 0.25) is 5.91 Å². The fourth-order valence-corrected chi connectivity index (χ4v) is 3.48. The van der Waals surface area contributed by atoms with Crippen molar-refractivity contribution in [2.24, 2.45) is 5.92 Å². The van der Waals surface area contributed by atoms with Gasteiger partial charge in [-0.15, -0.1) is 12.4 Å². The Morgan fingerprint density at radius 2 is 2.00 bits per heavy atom. The zero-order chi connectivity index (χ0) is 13.2. The van der Waals surface area contributed by atoms with E-state index in [0.717, 1.165) is 36.3 Å². The van der Waals surface area contributed by atoms with Gasteiger partial charge in [0.25, 0.3) is 0 Å². The molecular weight excluding hydrogens is 272 g/mol. The van der Waals surface area contributed by atoms with E-state index in [9.17, 15) is 4.79 Å². The second-order valence-electron chi connectivity index (χ2n) is 5.85. The average molecular weight is 295 g/mol. The standard InChI is InChI=1S/C16H22N2O.ClH/c17-14-8-3-9-15-13(14)7-4-10-18(15)16(19)11-12-5-1-2-6-12;/h3,8-9,12H,1-2,4-7,10-11,17H2;1H. The number of carbonyl (C=O) groups is 1. The van der Waals surface area contributed by atoms with Crippen LogP contribution in [0.5, 0.6) is 0 Å². The molecule has 1 aliphatic carbocycles. The molecule has 3 nitrogen and oxygen atoms in total. The van der Waals surface area contributed by atoms with Crippen LogP contribution >= 0.6 is 12.4 Å². The summed E-state index contributed by atoms with van der Waals surface area (Å²) in [5.41, 5.74) is 9.07. The third-order valence-corrected chi connectivity index (χ3v) is 4.53. The van der Waals surface area contributed by atoms with Gasteiger partial charge in [-0.05, 0) is 49.3 Å². The number of fused-ring (bicyclic) bond motifs is 1. The maximum absolute atomic E-state index is 12.5. The van der Waals surface area contributed by atoms with Crippen molar-refractivity contribution in [1.29, 1.82) is 0 Å². The van der Waals surface area contributed by atoms with E-state index in [0.29, 0.717) is 18.2 Å². The van der Waals surface area contributed by atoms with Crippen molar-refractivity contribution in [3.8, 4) is 0 Å². The van der Waals surface area contributed by atoms with Crippen LogP contribution in [0, 0.1) is 5.92 Å². The molecule has 1 aromatic carbocycles. The van der Waals surface area contributed by atoms with Crippen LogP contribution in [0.4, 0.5) is 11.4 Å². The van der Waals surface area contributed by atoms with Crippen LogP contribution < -0.4 is 10.6 Å². The molecule has 0 bridgehead atoms. The Balaban J connectivity index is 0.00000147. The van der Waals surface area contributed by atoms with Crippen molar-refractivity contribution >= 4 is 29.7 Å².